The molecule has 0 saturated heterocycles. The van der Waals surface area contributed by atoms with Crippen LogP contribution < -0.4 is 5.32 Å². The molecule has 5 heteroatoms. The lowest BCUT2D eigenvalue weighted by molar-refractivity contribution is -0.0137. The monoisotopic (exact) mass is 473 g/mol. The van der Waals surface area contributed by atoms with Crippen LogP contribution in [-0.4, -0.2) is 21.5 Å². The first-order chi connectivity index (χ1) is 16.8. The number of benzene rings is 1. The fourth-order valence-corrected chi connectivity index (χ4v) is 8.15. The zero-order valence-corrected chi connectivity index (χ0v) is 21.1. The lowest BCUT2D eigenvalue weighted by Gasteiger charge is -2.58. The molecule has 1 amide bonds. The summed E-state index contributed by atoms with van der Waals surface area (Å²) in [7, 11) is 0. The highest BCUT2D eigenvalue weighted by atomic mass is 19.1. The van der Waals surface area contributed by atoms with E-state index < -0.39 is 0 Å². The number of hydrogen-bond acceptors (Lipinski definition) is 2. The van der Waals surface area contributed by atoms with Crippen molar-refractivity contribution in [3.05, 3.63) is 71.6 Å². The van der Waals surface area contributed by atoms with Crippen molar-refractivity contribution in [3.63, 3.8) is 0 Å². The number of carbonyl (C=O) groups excluding carboxylic acids is 1. The van der Waals surface area contributed by atoms with Crippen LogP contribution in [0.5, 0.6) is 0 Å². The highest BCUT2D eigenvalue weighted by Gasteiger charge is 2.57. The number of aromatic nitrogens is 2. The highest BCUT2D eigenvalue weighted by molar-refractivity contribution is 5.94. The van der Waals surface area contributed by atoms with Crippen LogP contribution in [0.1, 0.15) is 74.8 Å². The lowest BCUT2D eigenvalue weighted by atomic mass is 9.47. The zero-order valence-electron chi connectivity index (χ0n) is 21.1. The van der Waals surface area contributed by atoms with Crippen molar-refractivity contribution in [2.24, 2.45) is 28.6 Å². The standard InChI is InChI=1S/C30H36FN3O/c1-19-17-34(18-32-19)27-11-10-25-24-9-6-21-16-23(33-28(35)20-4-7-22(31)8-5-20)12-14-29(21,2)26(24)13-15-30(25,27)3/h4-8,11,17-18,23-26H,9-10,12-16H2,1-3H3,(H,33,35)/t23-,24?,25?,26?,29+,30+/m1/s1. The minimum Gasteiger partial charge on any atom is -0.349 e. The number of fused-ring (bicyclic) bond motifs is 5. The van der Waals surface area contributed by atoms with Crippen LogP contribution in [0.3, 0.4) is 0 Å². The average Bonchev–Trinajstić information content (AvgIpc) is 3.42. The molecule has 0 spiro atoms. The molecule has 4 aliphatic rings. The van der Waals surface area contributed by atoms with E-state index in [1.54, 1.807) is 17.7 Å². The Bertz CT molecular complexity index is 1210. The van der Waals surface area contributed by atoms with E-state index >= 15 is 0 Å². The average molecular weight is 474 g/mol. The lowest BCUT2D eigenvalue weighted by Crippen LogP contribution is -2.51. The van der Waals surface area contributed by atoms with Gasteiger partial charge < -0.3 is 9.88 Å². The number of nitrogens with zero attached hydrogens (tertiary/aromatic N) is 2. The Kier molecular flexibility index (Phi) is 5.32. The Hall–Kier alpha value is -2.69. The molecule has 1 aromatic heterocycles. The summed E-state index contributed by atoms with van der Waals surface area (Å²) >= 11 is 0. The number of halogens is 1. The first-order valence-corrected chi connectivity index (χ1v) is 13.3. The van der Waals surface area contributed by atoms with E-state index in [0.717, 1.165) is 31.4 Å². The molecule has 4 nitrogen and oxygen atoms in total. The van der Waals surface area contributed by atoms with E-state index in [0.29, 0.717) is 23.3 Å². The first-order valence-electron chi connectivity index (χ1n) is 13.3. The van der Waals surface area contributed by atoms with Crippen LogP contribution >= 0.6 is 0 Å². The summed E-state index contributed by atoms with van der Waals surface area (Å²) in [5.41, 5.74) is 5.06. The molecule has 2 saturated carbocycles. The van der Waals surface area contributed by atoms with Gasteiger partial charge in [0.25, 0.3) is 5.91 Å². The molecule has 0 aliphatic heterocycles. The Labute approximate surface area is 207 Å². The van der Waals surface area contributed by atoms with E-state index in [1.807, 2.05) is 6.33 Å². The summed E-state index contributed by atoms with van der Waals surface area (Å²) in [4.78, 5) is 17.2. The van der Waals surface area contributed by atoms with Crippen LogP contribution in [0.25, 0.3) is 5.70 Å². The summed E-state index contributed by atoms with van der Waals surface area (Å²) in [5.74, 6) is 1.70. The Balaban J connectivity index is 1.18. The maximum absolute atomic E-state index is 13.2. The van der Waals surface area contributed by atoms with E-state index in [2.05, 4.69) is 54.0 Å². The molecule has 3 unspecified atom stereocenters. The Morgan fingerprint density at radius 3 is 2.57 bits per heavy atom. The molecule has 2 aromatic rings. The molecule has 6 rings (SSSR count). The van der Waals surface area contributed by atoms with E-state index in [-0.39, 0.29) is 28.6 Å². The normalized spacial score (nSPS) is 35.9. The van der Waals surface area contributed by atoms with Gasteiger partial charge in [-0.05, 0) is 99.3 Å². The molecule has 35 heavy (non-hydrogen) atoms. The SMILES string of the molecule is Cc1cn(C2=CCC3C4CC=C5C[C@H](NC(=O)c6ccc(F)cc6)CC[C@]5(C)C4CC[C@]23C)cn1. The molecular formula is C30H36FN3O. The van der Waals surface area contributed by atoms with Crippen molar-refractivity contribution in [2.45, 2.75) is 71.8 Å². The summed E-state index contributed by atoms with van der Waals surface area (Å²) < 4.78 is 15.5. The van der Waals surface area contributed by atoms with Crippen molar-refractivity contribution in [2.75, 3.05) is 0 Å². The van der Waals surface area contributed by atoms with Crippen LogP contribution in [-0.2, 0) is 0 Å². The number of rotatable bonds is 3. The number of imidazole rings is 1. The zero-order chi connectivity index (χ0) is 24.4. The minimum absolute atomic E-state index is 0.0966. The van der Waals surface area contributed by atoms with Gasteiger partial charge in [-0.25, -0.2) is 9.37 Å². The van der Waals surface area contributed by atoms with E-state index in [9.17, 15) is 9.18 Å². The van der Waals surface area contributed by atoms with E-state index in [1.165, 1.54) is 37.1 Å². The molecule has 1 N–H and O–H groups in total. The van der Waals surface area contributed by atoms with Gasteiger partial charge in [-0.3, -0.25) is 4.79 Å². The molecule has 0 radical (unpaired) electrons. The molecular weight excluding hydrogens is 437 g/mol. The molecule has 4 aliphatic carbocycles. The van der Waals surface area contributed by atoms with Gasteiger partial charge >= 0.3 is 0 Å². The van der Waals surface area contributed by atoms with E-state index in [4.69, 9.17) is 0 Å². The molecule has 2 fully saturated rings. The number of carbonyl (C=O) groups is 1. The molecule has 184 valence electrons. The number of hydrogen-bond donors (Lipinski definition) is 1. The van der Waals surface area contributed by atoms with Gasteiger partial charge in [0.1, 0.15) is 5.82 Å². The van der Waals surface area contributed by atoms with Crippen LogP contribution in [0.4, 0.5) is 4.39 Å². The second-order valence-electron chi connectivity index (χ2n) is 11.9. The van der Waals surface area contributed by atoms with Crippen molar-refractivity contribution in [3.8, 4) is 0 Å². The smallest absolute Gasteiger partial charge is 0.251 e. The van der Waals surface area contributed by atoms with Crippen molar-refractivity contribution in [1.29, 1.82) is 0 Å². The van der Waals surface area contributed by atoms with Crippen molar-refractivity contribution in [1.82, 2.24) is 14.9 Å². The van der Waals surface area contributed by atoms with Gasteiger partial charge in [-0.1, -0.05) is 31.6 Å². The topological polar surface area (TPSA) is 46.9 Å². The molecule has 0 bridgehead atoms. The molecule has 1 heterocycles. The minimum atomic E-state index is -0.315. The second-order valence-corrected chi connectivity index (χ2v) is 11.9. The highest BCUT2D eigenvalue weighted by Crippen LogP contribution is 2.65. The third-order valence-corrected chi connectivity index (χ3v) is 10.1. The largest absolute Gasteiger partial charge is 0.349 e. The number of amides is 1. The van der Waals surface area contributed by atoms with Gasteiger partial charge in [0, 0.05) is 28.9 Å². The quantitative estimate of drug-likeness (QED) is 0.514. The number of allylic oxidation sites excluding steroid dienone is 3. The van der Waals surface area contributed by atoms with Gasteiger partial charge in [0.2, 0.25) is 0 Å². The van der Waals surface area contributed by atoms with Gasteiger partial charge in [0.15, 0.2) is 0 Å². The van der Waals surface area contributed by atoms with Crippen molar-refractivity contribution >= 4 is 11.6 Å². The summed E-state index contributed by atoms with van der Waals surface area (Å²) in [6, 6.07) is 5.99. The fraction of sp³-hybridized carbons (Fsp3) is 0.533. The van der Waals surface area contributed by atoms with Crippen LogP contribution in [0.15, 0.2) is 54.5 Å². The molecule has 6 atom stereocenters. The number of aryl methyl sites for hydroxylation is 1. The number of nitrogens with one attached hydrogen (secondary N) is 1. The maximum atomic E-state index is 13.2. The Morgan fingerprint density at radius 2 is 1.83 bits per heavy atom. The second kappa shape index (κ2) is 8.18. The fourth-order valence-electron chi connectivity index (χ4n) is 8.15. The molecule has 1 aromatic carbocycles. The van der Waals surface area contributed by atoms with Gasteiger partial charge in [-0.15, -0.1) is 0 Å². The van der Waals surface area contributed by atoms with Crippen LogP contribution in [0, 0.1) is 41.3 Å². The van der Waals surface area contributed by atoms with Crippen molar-refractivity contribution < 1.29 is 9.18 Å². The predicted molar refractivity (Wildman–Crippen MR) is 136 cm³/mol. The summed E-state index contributed by atoms with van der Waals surface area (Å²) in [6.07, 6.45) is 17.1. The third kappa shape index (κ3) is 3.61. The summed E-state index contributed by atoms with van der Waals surface area (Å²) in [6.45, 7) is 7.06. The first kappa shape index (κ1) is 22.8. The van der Waals surface area contributed by atoms with Crippen LogP contribution in [0.2, 0.25) is 0 Å². The predicted octanol–water partition coefficient (Wildman–Crippen LogP) is 6.54. The van der Waals surface area contributed by atoms with Gasteiger partial charge in [0.05, 0.1) is 12.0 Å². The summed E-state index contributed by atoms with van der Waals surface area (Å²) in [5, 5.41) is 3.23. The van der Waals surface area contributed by atoms with Gasteiger partial charge in [-0.2, -0.15) is 0 Å². The maximum Gasteiger partial charge on any atom is 0.251 e. The third-order valence-electron chi connectivity index (χ3n) is 10.1. The Morgan fingerprint density at radius 1 is 1.06 bits per heavy atom.